The second-order valence-corrected chi connectivity index (χ2v) is 5.35. The molecule has 1 fully saturated rings. The monoisotopic (exact) mass is 309 g/mol. The van der Waals surface area contributed by atoms with Gasteiger partial charge in [0.15, 0.2) is 5.78 Å². The van der Waals surface area contributed by atoms with E-state index in [9.17, 15) is 4.79 Å². The number of carbonyl (C=O) groups excluding carboxylic acids is 1. The first kappa shape index (κ1) is 15.3. The van der Waals surface area contributed by atoms with Crippen molar-refractivity contribution in [3.8, 4) is 0 Å². The Morgan fingerprint density at radius 3 is 2.43 bits per heavy atom. The van der Waals surface area contributed by atoms with Crippen molar-refractivity contribution in [2.45, 2.75) is 18.6 Å². The standard InChI is InChI=1S/C19H19NO3/c1-22-13-12-17-14-18(19(21)15-8-4-2-5-9-15)20(23-17)16-10-6-3-7-11-16/h2-13,17-18H,14H2,1H3. The van der Waals surface area contributed by atoms with Crippen LogP contribution in [-0.2, 0) is 9.57 Å². The molecule has 2 aromatic carbocycles. The fourth-order valence-corrected chi connectivity index (χ4v) is 2.68. The van der Waals surface area contributed by atoms with Crippen LogP contribution in [0.4, 0.5) is 5.69 Å². The quantitative estimate of drug-likeness (QED) is 0.625. The van der Waals surface area contributed by atoms with Crippen LogP contribution in [0.2, 0.25) is 0 Å². The summed E-state index contributed by atoms with van der Waals surface area (Å²) >= 11 is 0. The van der Waals surface area contributed by atoms with E-state index in [0.717, 1.165) is 5.69 Å². The average molecular weight is 309 g/mol. The molecule has 0 aliphatic carbocycles. The number of methoxy groups -OCH3 is 1. The minimum atomic E-state index is -0.355. The molecule has 0 N–H and O–H groups in total. The molecule has 0 spiro atoms. The zero-order chi connectivity index (χ0) is 16.1. The van der Waals surface area contributed by atoms with Crippen molar-refractivity contribution >= 4 is 11.5 Å². The first-order valence-corrected chi connectivity index (χ1v) is 7.59. The van der Waals surface area contributed by atoms with Gasteiger partial charge < -0.3 is 4.74 Å². The van der Waals surface area contributed by atoms with Crippen molar-refractivity contribution in [2.75, 3.05) is 12.2 Å². The third kappa shape index (κ3) is 3.43. The Kier molecular flexibility index (Phi) is 4.74. The Morgan fingerprint density at radius 2 is 1.78 bits per heavy atom. The molecule has 0 amide bonds. The van der Waals surface area contributed by atoms with Gasteiger partial charge in [-0.2, -0.15) is 0 Å². The highest BCUT2D eigenvalue weighted by Gasteiger charge is 2.37. The Bertz CT molecular complexity index is 670. The number of hydrogen-bond acceptors (Lipinski definition) is 4. The van der Waals surface area contributed by atoms with E-state index in [1.807, 2.05) is 66.7 Å². The summed E-state index contributed by atoms with van der Waals surface area (Å²) in [6.45, 7) is 0. The molecule has 23 heavy (non-hydrogen) atoms. The van der Waals surface area contributed by atoms with Gasteiger partial charge in [-0.25, -0.2) is 5.06 Å². The highest BCUT2D eigenvalue weighted by atomic mass is 16.7. The molecule has 0 aromatic heterocycles. The molecule has 1 heterocycles. The highest BCUT2D eigenvalue weighted by Crippen LogP contribution is 2.30. The van der Waals surface area contributed by atoms with Crippen molar-refractivity contribution in [3.05, 3.63) is 78.6 Å². The Labute approximate surface area is 135 Å². The van der Waals surface area contributed by atoms with E-state index in [-0.39, 0.29) is 17.9 Å². The zero-order valence-corrected chi connectivity index (χ0v) is 13.0. The summed E-state index contributed by atoms with van der Waals surface area (Å²) in [5, 5.41) is 1.71. The van der Waals surface area contributed by atoms with Gasteiger partial charge >= 0.3 is 0 Å². The molecular weight excluding hydrogens is 290 g/mol. The molecule has 0 radical (unpaired) electrons. The van der Waals surface area contributed by atoms with Crippen LogP contribution >= 0.6 is 0 Å². The minimum Gasteiger partial charge on any atom is -0.505 e. The second-order valence-electron chi connectivity index (χ2n) is 5.35. The van der Waals surface area contributed by atoms with Gasteiger partial charge in [-0.1, -0.05) is 48.5 Å². The van der Waals surface area contributed by atoms with Crippen LogP contribution in [0.3, 0.4) is 0 Å². The summed E-state index contributed by atoms with van der Waals surface area (Å²) in [6.07, 6.45) is 3.81. The third-order valence-corrected chi connectivity index (χ3v) is 3.79. The van der Waals surface area contributed by atoms with E-state index in [4.69, 9.17) is 9.57 Å². The number of ketones is 1. The number of hydroxylamine groups is 1. The Balaban J connectivity index is 1.88. The number of para-hydroxylation sites is 1. The van der Waals surface area contributed by atoms with Gasteiger partial charge in [0.05, 0.1) is 19.1 Å². The van der Waals surface area contributed by atoms with Crippen molar-refractivity contribution in [2.24, 2.45) is 0 Å². The van der Waals surface area contributed by atoms with Crippen LogP contribution in [0.5, 0.6) is 0 Å². The minimum absolute atomic E-state index is 0.0581. The number of ether oxygens (including phenoxy) is 1. The van der Waals surface area contributed by atoms with Crippen molar-refractivity contribution in [1.82, 2.24) is 0 Å². The lowest BCUT2D eigenvalue weighted by Crippen LogP contribution is -2.35. The van der Waals surface area contributed by atoms with Crippen LogP contribution in [0.15, 0.2) is 73.0 Å². The molecule has 3 rings (SSSR count). The lowest BCUT2D eigenvalue weighted by Gasteiger charge is -2.23. The van der Waals surface area contributed by atoms with Gasteiger partial charge in [0.25, 0.3) is 0 Å². The van der Waals surface area contributed by atoms with E-state index >= 15 is 0 Å². The number of carbonyl (C=O) groups is 1. The van der Waals surface area contributed by atoms with E-state index < -0.39 is 0 Å². The van der Waals surface area contributed by atoms with Crippen LogP contribution in [0, 0.1) is 0 Å². The molecule has 1 aliphatic rings. The predicted octanol–water partition coefficient (Wildman–Crippen LogP) is 3.61. The molecular formula is C19H19NO3. The summed E-state index contributed by atoms with van der Waals surface area (Å²) in [4.78, 5) is 18.8. The molecule has 2 atom stereocenters. The SMILES string of the molecule is COC=CC1CC(C(=O)c2ccccc2)N(c2ccccc2)O1. The predicted molar refractivity (Wildman–Crippen MR) is 89.1 cm³/mol. The van der Waals surface area contributed by atoms with Gasteiger partial charge in [-0.3, -0.25) is 9.63 Å². The number of nitrogens with zero attached hydrogens (tertiary/aromatic N) is 1. The number of Topliss-reactive ketones (excluding diaryl/α,β-unsaturated/α-hetero) is 1. The second kappa shape index (κ2) is 7.11. The van der Waals surface area contributed by atoms with Crippen molar-refractivity contribution < 1.29 is 14.4 Å². The summed E-state index contributed by atoms with van der Waals surface area (Å²) in [6, 6.07) is 18.6. The summed E-state index contributed by atoms with van der Waals surface area (Å²) < 4.78 is 4.96. The summed E-state index contributed by atoms with van der Waals surface area (Å²) in [5.41, 5.74) is 1.56. The molecule has 2 aromatic rings. The topological polar surface area (TPSA) is 38.8 Å². The first-order chi connectivity index (χ1) is 11.3. The van der Waals surface area contributed by atoms with Crippen LogP contribution in [-0.4, -0.2) is 25.0 Å². The number of hydrogen-bond donors (Lipinski definition) is 0. The lowest BCUT2D eigenvalue weighted by atomic mass is 9.99. The molecule has 2 unspecified atom stereocenters. The summed E-state index contributed by atoms with van der Waals surface area (Å²) in [7, 11) is 1.59. The average Bonchev–Trinajstić information content (AvgIpc) is 3.05. The largest absolute Gasteiger partial charge is 0.505 e. The van der Waals surface area contributed by atoms with Gasteiger partial charge in [0.1, 0.15) is 12.1 Å². The fraction of sp³-hybridized carbons (Fsp3) is 0.211. The van der Waals surface area contributed by atoms with Crippen molar-refractivity contribution in [3.63, 3.8) is 0 Å². The van der Waals surface area contributed by atoms with Crippen LogP contribution in [0.1, 0.15) is 16.8 Å². The van der Waals surface area contributed by atoms with Crippen LogP contribution in [0.25, 0.3) is 0 Å². The van der Waals surface area contributed by atoms with Gasteiger partial charge in [0, 0.05) is 12.0 Å². The molecule has 0 saturated carbocycles. The Hall–Kier alpha value is -2.59. The van der Waals surface area contributed by atoms with E-state index in [1.165, 1.54) is 0 Å². The number of benzene rings is 2. The normalized spacial score (nSPS) is 20.8. The van der Waals surface area contributed by atoms with E-state index in [2.05, 4.69) is 0 Å². The van der Waals surface area contributed by atoms with Gasteiger partial charge in [0.2, 0.25) is 0 Å². The molecule has 1 aliphatic heterocycles. The van der Waals surface area contributed by atoms with Gasteiger partial charge in [-0.05, 0) is 18.2 Å². The van der Waals surface area contributed by atoms with E-state index in [1.54, 1.807) is 18.4 Å². The van der Waals surface area contributed by atoms with Crippen LogP contribution < -0.4 is 5.06 Å². The van der Waals surface area contributed by atoms with Gasteiger partial charge in [-0.15, -0.1) is 0 Å². The molecule has 0 bridgehead atoms. The third-order valence-electron chi connectivity index (χ3n) is 3.79. The molecule has 118 valence electrons. The molecule has 4 nitrogen and oxygen atoms in total. The Morgan fingerprint density at radius 1 is 1.13 bits per heavy atom. The maximum absolute atomic E-state index is 12.9. The number of anilines is 1. The number of rotatable bonds is 5. The smallest absolute Gasteiger partial charge is 0.187 e. The maximum Gasteiger partial charge on any atom is 0.187 e. The molecule has 1 saturated heterocycles. The van der Waals surface area contributed by atoms with E-state index in [0.29, 0.717) is 12.0 Å². The molecule has 4 heteroatoms. The first-order valence-electron chi connectivity index (χ1n) is 7.59. The maximum atomic E-state index is 12.9. The fourth-order valence-electron chi connectivity index (χ4n) is 2.68. The van der Waals surface area contributed by atoms with Crippen molar-refractivity contribution in [1.29, 1.82) is 0 Å². The highest BCUT2D eigenvalue weighted by molar-refractivity contribution is 6.02. The lowest BCUT2D eigenvalue weighted by molar-refractivity contribution is 0.0882. The summed E-state index contributed by atoms with van der Waals surface area (Å²) in [5.74, 6) is 0.0581. The zero-order valence-electron chi connectivity index (χ0n) is 13.0.